The minimum absolute atomic E-state index is 0.00415. The lowest BCUT2D eigenvalue weighted by Crippen LogP contribution is -2.27. The predicted molar refractivity (Wildman–Crippen MR) is 102 cm³/mol. The van der Waals surface area contributed by atoms with Gasteiger partial charge >= 0.3 is 0 Å². The summed E-state index contributed by atoms with van der Waals surface area (Å²) < 4.78 is 11.6. The SMILES string of the molecule is Cc1ccc(-c2nnc(C(C)N(C)CCOc3ccc(Cl)cc3)o2)cc1. The summed E-state index contributed by atoms with van der Waals surface area (Å²) in [6.07, 6.45) is 0. The fourth-order valence-corrected chi connectivity index (χ4v) is 2.56. The summed E-state index contributed by atoms with van der Waals surface area (Å²) in [4.78, 5) is 2.11. The number of aryl methyl sites for hydroxylation is 1. The standard InChI is InChI=1S/C20H22ClN3O2/c1-14-4-6-16(7-5-14)20-23-22-19(26-20)15(2)24(3)12-13-25-18-10-8-17(21)9-11-18/h4-11,15H,12-13H2,1-3H3. The number of hydrogen-bond acceptors (Lipinski definition) is 5. The lowest BCUT2D eigenvalue weighted by atomic mass is 10.1. The molecular formula is C20H22ClN3O2. The number of benzene rings is 2. The number of nitrogens with zero attached hydrogens (tertiary/aromatic N) is 3. The third-order valence-corrected chi connectivity index (χ3v) is 4.54. The van der Waals surface area contributed by atoms with Crippen molar-refractivity contribution in [1.29, 1.82) is 0 Å². The van der Waals surface area contributed by atoms with Crippen LogP contribution in [0.25, 0.3) is 11.5 Å². The number of rotatable bonds is 7. The summed E-state index contributed by atoms with van der Waals surface area (Å²) >= 11 is 5.87. The molecule has 0 aliphatic heterocycles. The van der Waals surface area contributed by atoms with Crippen molar-refractivity contribution in [2.24, 2.45) is 0 Å². The Balaban J connectivity index is 1.55. The van der Waals surface area contributed by atoms with Gasteiger partial charge in [0.25, 0.3) is 0 Å². The molecule has 0 fully saturated rings. The topological polar surface area (TPSA) is 51.4 Å². The minimum Gasteiger partial charge on any atom is -0.492 e. The van der Waals surface area contributed by atoms with Crippen molar-refractivity contribution in [1.82, 2.24) is 15.1 Å². The maximum absolute atomic E-state index is 5.87. The van der Waals surface area contributed by atoms with E-state index in [2.05, 4.69) is 15.1 Å². The molecule has 1 heterocycles. The first-order valence-electron chi connectivity index (χ1n) is 8.52. The van der Waals surface area contributed by atoms with Crippen molar-refractivity contribution in [3.05, 3.63) is 65.0 Å². The average molecular weight is 372 g/mol. The molecular weight excluding hydrogens is 350 g/mol. The Kier molecular flexibility index (Phi) is 5.91. The van der Waals surface area contributed by atoms with Crippen molar-refractivity contribution in [3.8, 4) is 17.2 Å². The van der Waals surface area contributed by atoms with Gasteiger partial charge in [-0.2, -0.15) is 0 Å². The van der Waals surface area contributed by atoms with Crippen LogP contribution >= 0.6 is 11.6 Å². The molecule has 1 aromatic heterocycles. The van der Waals surface area contributed by atoms with E-state index in [0.29, 0.717) is 23.4 Å². The maximum atomic E-state index is 5.87. The van der Waals surface area contributed by atoms with Gasteiger partial charge in [0.1, 0.15) is 12.4 Å². The highest BCUT2D eigenvalue weighted by Gasteiger charge is 2.19. The molecule has 0 amide bonds. The number of halogens is 1. The van der Waals surface area contributed by atoms with Crippen LogP contribution in [-0.2, 0) is 0 Å². The average Bonchev–Trinajstić information content (AvgIpc) is 3.13. The van der Waals surface area contributed by atoms with E-state index in [1.54, 1.807) is 0 Å². The van der Waals surface area contributed by atoms with Crippen molar-refractivity contribution >= 4 is 11.6 Å². The highest BCUT2D eigenvalue weighted by Crippen LogP contribution is 2.23. The van der Waals surface area contributed by atoms with Crippen LogP contribution in [0.2, 0.25) is 5.02 Å². The van der Waals surface area contributed by atoms with Gasteiger partial charge < -0.3 is 9.15 Å². The summed E-state index contributed by atoms with van der Waals surface area (Å²) in [5, 5.41) is 9.06. The van der Waals surface area contributed by atoms with Crippen molar-refractivity contribution in [3.63, 3.8) is 0 Å². The third kappa shape index (κ3) is 4.62. The molecule has 2 aromatic carbocycles. The van der Waals surface area contributed by atoms with Crippen LogP contribution in [0, 0.1) is 6.92 Å². The lowest BCUT2D eigenvalue weighted by Gasteiger charge is -2.21. The van der Waals surface area contributed by atoms with Gasteiger partial charge in [-0.05, 0) is 57.3 Å². The molecule has 0 radical (unpaired) electrons. The molecule has 0 bridgehead atoms. The summed E-state index contributed by atoms with van der Waals surface area (Å²) in [6.45, 7) is 5.37. The first-order chi connectivity index (χ1) is 12.5. The van der Waals surface area contributed by atoms with E-state index in [9.17, 15) is 0 Å². The van der Waals surface area contributed by atoms with Crippen LogP contribution in [0.1, 0.15) is 24.4 Å². The quantitative estimate of drug-likeness (QED) is 0.598. The lowest BCUT2D eigenvalue weighted by molar-refractivity contribution is 0.182. The molecule has 5 nitrogen and oxygen atoms in total. The van der Waals surface area contributed by atoms with Crippen molar-refractivity contribution in [2.75, 3.05) is 20.2 Å². The Morgan fingerprint density at radius 1 is 1.08 bits per heavy atom. The molecule has 136 valence electrons. The number of aromatic nitrogens is 2. The van der Waals surface area contributed by atoms with Gasteiger partial charge in [0.05, 0.1) is 6.04 Å². The van der Waals surface area contributed by atoms with Gasteiger partial charge in [-0.3, -0.25) is 4.90 Å². The first-order valence-corrected chi connectivity index (χ1v) is 8.90. The Bertz CT molecular complexity index is 831. The molecule has 0 saturated carbocycles. The largest absolute Gasteiger partial charge is 0.492 e. The van der Waals surface area contributed by atoms with E-state index in [1.165, 1.54) is 5.56 Å². The Labute approximate surface area is 158 Å². The summed E-state index contributed by atoms with van der Waals surface area (Å²) in [5.41, 5.74) is 2.12. The number of hydrogen-bond donors (Lipinski definition) is 0. The molecule has 3 rings (SSSR count). The molecule has 1 unspecified atom stereocenters. The zero-order valence-corrected chi connectivity index (χ0v) is 15.9. The van der Waals surface area contributed by atoms with Crippen LogP contribution in [0.5, 0.6) is 5.75 Å². The number of ether oxygens (including phenoxy) is 1. The van der Waals surface area contributed by atoms with E-state index in [0.717, 1.165) is 17.9 Å². The maximum Gasteiger partial charge on any atom is 0.247 e. The summed E-state index contributed by atoms with van der Waals surface area (Å²) in [5.74, 6) is 1.93. The van der Waals surface area contributed by atoms with E-state index in [4.69, 9.17) is 20.8 Å². The normalized spacial score (nSPS) is 12.3. The van der Waals surface area contributed by atoms with Gasteiger partial charge in [0, 0.05) is 17.1 Å². The van der Waals surface area contributed by atoms with Gasteiger partial charge in [-0.1, -0.05) is 29.3 Å². The van der Waals surface area contributed by atoms with Crippen LogP contribution < -0.4 is 4.74 Å². The monoisotopic (exact) mass is 371 g/mol. The second-order valence-electron chi connectivity index (χ2n) is 6.27. The molecule has 0 aliphatic carbocycles. The van der Waals surface area contributed by atoms with Gasteiger partial charge in [-0.15, -0.1) is 10.2 Å². The second-order valence-corrected chi connectivity index (χ2v) is 6.71. The Morgan fingerprint density at radius 3 is 2.46 bits per heavy atom. The second kappa shape index (κ2) is 8.34. The fraction of sp³-hybridized carbons (Fsp3) is 0.300. The zero-order valence-electron chi connectivity index (χ0n) is 15.1. The molecule has 0 spiro atoms. The van der Waals surface area contributed by atoms with E-state index in [-0.39, 0.29) is 6.04 Å². The molecule has 6 heteroatoms. The van der Waals surface area contributed by atoms with Gasteiger partial charge in [0.15, 0.2) is 0 Å². The van der Waals surface area contributed by atoms with Crippen LogP contribution in [0.3, 0.4) is 0 Å². The van der Waals surface area contributed by atoms with Crippen LogP contribution in [0.15, 0.2) is 52.9 Å². The highest BCUT2D eigenvalue weighted by atomic mass is 35.5. The van der Waals surface area contributed by atoms with Crippen LogP contribution in [-0.4, -0.2) is 35.3 Å². The van der Waals surface area contributed by atoms with E-state index >= 15 is 0 Å². The van der Waals surface area contributed by atoms with Crippen LogP contribution in [0.4, 0.5) is 0 Å². The van der Waals surface area contributed by atoms with E-state index in [1.807, 2.05) is 69.4 Å². The summed E-state index contributed by atoms with van der Waals surface area (Å²) in [7, 11) is 2.01. The molecule has 0 aliphatic rings. The molecule has 0 N–H and O–H groups in total. The van der Waals surface area contributed by atoms with E-state index < -0.39 is 0 Å². The Morgan fingerprint density at radius 2 is 1.77 bits per heavy atom. The number of likely N-dealkylation sites (N-methyl/N-ethyl adjacent to an activating group) is 1. The highest BCUT2D eigenvalue weighted by molar-refractivity contribution is 6.30. The molecule has 0 saturated heterocycles. The van der Waals surface area contributed by atoms with Crippen molar-refractivity contribution in [2.45, 2.75) is 19.9 Å². The fourth-order valence-electron chi connectivity index (χ4n) is 2.44. The smallest absolute Gasteiger partial charge is 0.247 e. The predicted octanol–water partition coefficient (Wildman–Crippen LogP) is 4.77. The minimum atomic E-state index is -0.00415. The summed E-state index contributed by atoms with van der Waals surface area (Å²) in [6, 6.07) is 15.4. The first kappa shape index (κ1) is 18.4. The zero-order chi connectivity index (χ0) is 18.5. The molecule has 1 atom stereocenters. The van der Waals surface area contributed by atoms with Gasteiger partial charge in [-0.25, -0.2) is 0 Å². The third-order valence-electron chi connectivity index (χ3n) is 4.28. The van der Waals surface area contributed by atoms with Gasteiger partial charge in [0.2, 0.25) is 11.8 Å². The molecule has 26 heavy (non-hydrogen) atoms. The molecule has 3 aromatic rings. The Hall–Kier alpha value is -2.37. The van der Waals surface area contributed by atoms with Crippen molar-refractivity contribution < 1.29 is 9.15 Å².